The lowest BCUT2D eigenvalue weighted by Crippen LogP contribution is -2.22. The molecule has 0 amide bonds. The second-order valence-corrected chi connectivity index (χ2v) is 4.92. The summed E-state index contributed by atoms with van der Waals surface area (Å²) in [5.41, 5.74) is 1.13. The number of aromatic nitrogens is 2. The van der Waals surface area contributed by atoms with Gasteiger partial charge in [-0.05, 0) is 42.0 Å². The Balaban J connectivity index is 2.54. The standard InChI is InChI=1S/C13H12BrF2N3/c1-7-5-19-10(6-18-7)13(17-2)11-9(15)4-3-8(14)12(11)16/h3-6,13,17H,1-2H3. The number of hydrogen-bond acceptors (Lipinski definition) is 3. The van der Waals surface area contributed by atoms with E-state index in [1.165, 1.54) is 18.3 Å². The summed E-state index contributed by atoms with van der Waals surface area (Å²) in [6.07, 6.45) is 3.07. The Labute approximate surface area is 118 Å². The first kappa shape index (κ1) is 14.0. The number of benzene rings is 1. The van der Waals surface area contributed by atoms with Crippen molar-refractivity contribution in [1.29, 1.82) is 0 Å². The summed E-state index contributed by atoms with van der Waals surface area (Å²) in [6, 6.07) is 1.86. The van der Waals surface area contributed by atoms with Crippen molar-refractivity contribution in [3.63, 3.8) is 0 Å². The molecule has 1 atom stereocenters. The van der Waals surface area contributed by atoms with Crippen molar-refractivity contribution in [3.05, 3.63) is 57.6 Å². The highest BCUT2D eigenvalue weighted by Gasteiger charge is 2.23. The fraction of sp³-hybridized carbons (Fsp3) is 0.231. The number of nitrogens with one attached hydrogen (secondary N) is 1. The highest BCUT2D eigenvalue weighted by molar-refractivity contribution is 9.10. The summed E-state index contributed by atoms with van der Waals surface area (Å²) in [7, 11) is 1.62. The maximum absolute atomic E-state index is 14.1. The van der Waals surface area contributed by atoms with E-state index in [0.717, 1.165) is 5.69 Å². The SMILES string of the molecule is CNC(c1cnc(C)cn1)c1c(F)ccc(Br)c1F. The minimum atomic E-state index is -0.689. The highest BCUT2D eigenvalue weighted by atomic mass is 79.9. The molecule has 19 heavy (non-hydrogen) atoms. The lowest BCUT2D eigenvalue weighted by Gasteiger charge is -2.18. The van der Waals surface area contributed by atoms with Gasteiger partial charge in [0, 0.05) is 11.8 Å². The van der Waals surface area contributed by atoms with Gasteiger partial charge in [0.1, 0.15) is 11.6 Å². The first-order chi connectivity index (χ1) is 9.04. The van der Waals surface area contributed by atoms with E-state index in [4.69, 9.17) is 0 Å². The van der Waals surface area contributed by atoms with Crippen LogP contribution in [0.1, 0.15) is 23.0 Å². The van der Waals surface area contributed by atoms with Crippen LogP contribution in [0.2, 0.25) is 0 Å². The van der Waals surface area contributed by atoms with E-state index >= 15 is 0 Å². The maximum Gasteiger partial charge on any atom is 0.145 e. The Bertz CT molecular complexity index is 587. The van der Waals surface area contributed by atoms with E-state index in [2.05, 4.69) is 31.2 Å². The summed E-state index contributed by atoms with van der Waals surface area (Å²) in [4.78, 5) is 8.26. The van der Waals surface area contributed by atoms with Gasteiger partial charge in [-0.1, -0.05) is 0 Å². The van der Waals surface area contributed by atoms with Gasteiger partial charge in [-0.3, -0.25) is 9.97 Å². The van der Waals surface area contributed by atoms with Crippen molar-refractivity contribution in [3.8, 4) is 0 Å². The zero-order valence-corrected chi connectivity index (χ0v) is 12.0. The van der Waals surface area contributed by atoms with E-state index < -0.39 is 17.7 Å². The first-order valence-electron chi connectivity index (χ1n) is 5.63. The molecule has 0 aliphatic carbocycles. The molecule has 3 nitrogen and oxygen atoms in total. The largest absolute Gasteiger partial charge is 0.308 e. The second kappa shape index (κ2) is 5.71. The van der Waals surface area contributed by atoms with Gasteiger partial charge in [-0.15, -0.1) is 0 Å². The summed E-state index contributed by atoms with van der Waals surface area (Å²) < 4.78 is 28.2. The Hall–Kier alpha value is -1.40. The molecule has 0 bridgehead atoms. The average molecular weight is 328 g/mol. The van der Waals surface area contributed by atoms with Gasteiger partial charge in [0.2, 0.25) is 0 Å². The van der Waals surface area contributed by atoms with Gasteiger partial charge < -0.3 is 5.32 Å². The maximum atomic E-state index is 14.1. The lowest BCUT2D eigenvalue weighted by atomic mass is 10.0. The van der Waals surface area contributed by atoms with Crippen molar-refractivity contribution in [2.24, 2.45) is 0 Å². The van der Waals surface area contributed by atoms with Crippen LogP contribution in [0.15, 0.2) is 29.0 Å². The molecule has 0 spiro atoms. The lowest BCUT2D eigenvalue weighted by molar-refractivity contribution is 0.513. The Morgan fingerprint density at radius 1 is 1.21 bits per heavy atom. The van der Waals surface area contributed by atoms with Gasteiger partial charge >= 0.3 is 0 Å². The molecular formula is C13H12BrF2N3. The van der Waals surface area contributed by atoms with Crippen LogP contribution in [0.25, 0.3) is 0 Å². The van der Waals surface area contributed by atoms with Crippen LogP contribution >= 0.6 is 15.9 Å². The predicted molar refractivity (Wildman–Crippen MR) is 71.7 cm³/mol. The third-order valence-electron chi connectivity index (χ3n) is 2.75. The van der Waals surface area contributed by atoms with Crippen molar-refractivity contribution < 1.29 is 8.78 Å². The fourth-order valence-electron chi connectivity index (χ4n) is 1.80. The molecule has 0 saturated heterocycles. The summed E-state index contributed by atoms with van der Waals surface area (Å²) in [5, 5.41) is 2.86. The van der Waals surface area contributed by atoms with Crippen LogP contribution in [0.4, 0.5) is 8.78 Å². The minimum absolute atomic E-state index is 0.0740. The Morgan fingerprint density at radius 2 is 1.95 bits per heavy atom. The molecular weight excluding hydrogens is 316 g/mol. The zero-order valence-electron chi connectivity index (χ0n) is 10.4. The number of hydrogen-bond donors (Lipinski definition) is 1. The number of halogens is 3. The molecule has 100 valence electrons. The quantitative estimate of drug-likeness (QED) is 0.880. The van der Waals surface area contributed by atoms with Gasteiger partial charge in [0.15, 0.2) is 0 Å². The van der Waals surface area contributed by atoms with Crippen LogP contribution in [-0.2, 0) is 0 Å². The van der Waals surface area contributed by atoms with Crippen LogP contribution in [0.3, 0.4) is 0 Å². The number of nitrogens with zero attached hydrogens (tertiary/aromatic N) is 2. The van der Waals surface area contributed by atoms with Crippen LogP contribution < -0.4 is 5.32 Å². The molecule has 1 N–H and O–H groups in total. The average Bonchev–Trinajstić information content (AvgIpc) is 2.40. The molecule has 1 aromatic carbocycles. The molecule has 1 aromatic heterocycles. The predicted octanol–water partition coefficient (Wildman–Crippen LogP) is 3.13. The van der Waals surface area contributed by atoms with Gasteiger partial charge in [-0.25, -0.2) is 8.78 Å². The van der Waals surface area contributed by atoms with Crippen molar-refractivity contribution in [1.82, 2.24) is 15.3 Å². The van der Waals surface area contributed by atoms with Crippen molar-refractivity contribution in [2.45, 2.75) is 13.0 Å². The molecule has 0 fully saturated rings. The monoisotopic (exact) mass is 327 g/mol. The van der Waals surface area contributed by atoms with E-state index in [1.807, 2.05) is 0 Å². The van der Waals surface area contributed by atoms with Gasteiger partial charge in [-0.2, -0.15) is 0 Å². The second-order valence-electron chi connectivity index (χ2n) is 4.06. The number of aryl methyl sites for hydroxylation is 1. The van der Waals surface area contributed by atoms with Crippen molar-refractivity contribution in [2.75, 3.05) is 7.05 Å². The molecule has 1 unspecified atom stereocenters. The Kier molecular flexibility index (Phi) is 4.21. The third-order valence-corrected chi connectivity index (χ3v) is 3.37. The molecule has 2 rings (SSSR count). The topological polar surface area (TPSA) is 37.8 Å². The number of rotatable bonds is 3. The van der Waals surface area contributed by atoms with E-state index in [-0.39, 0.29) is 10.0 Å². The van der Waals surface area contributed by atoms with E-state index in [1.54, 1.807) is 20.2 Å². The minimum Gasteiger partial charge on any atom is -0.308 e. The van der Waals surface area contributed by atoms with Gasteiger partial charge in [0.25, 0.3) is 0 Å². The smallest absolute Gasteiger partial charge is 0.145 e. The highest BCUT2D eigenvalue weighted by Crippen LogP contribution is 2.29. The summed E-state index contributed by atoms with van der Waals surface area (Å²) in [6.45, 7) is 1.80. The molecule has 0 aliphatic heterocycles. The van der Waals surface area contributed by atoms with E-state index in [9.17, 15) is 8.78 Å². The third kappa shape index (κ3) is 2.79. The van der Waals surface area contributed by atoms with Crippen molar-refractivity contribution >= 4 is 15.9 Å². The summed E-state index contributed by atoms with van der Waals surface area (Å²) >= 11 is 3.06. The van der Waals surface area contributed by atoms with E-state index in [0.29, 0.717) is 5.69 Å². The van der Waals surface area contributed by atoms with Crippen LogP contribution in [0, 0.1) is 18.6 Å². The first-order valence-corrected chi connectivity index (χ1v) is 6.43. The zero-order chi connectivity index (χ0) is 14.0. The molecule has 0 saturated carbocycles. The Morgan fingerprint density at radius 3 is 2.53 bits per heavy atom. The molecule has 0 radical (unpaired) electrons. The van der Waals surface area contributed by atoms with Crippen LogP contribution in [-0.4, -0.2) is 17.0 Å². The molecule has 2 aromatic rings. The summed E-state index contributed by atoms with van der Waals surface area (Å²) in [5.74, 6) is -1.26. The van der Waals surface area contributed by atoms with Crippen LogP contribution in [0.5, 0.6) is 0 Å². The van der Waals surface area contributed by atoms with Gasteiger partial charge in [0.05, 0.1) is 28.1 Å². The molecule has 6 heteroatoms. The molecule has 1 heterocycles. The fourth-order valence-corrected chi connectivity index (χ4v) is 2.14. The molecule has 0 aliphatic rings. The normalized spacial score (nSPS) is 12.5.